The first kappa shape index (κ1) is 13.3. The summed E-state index contributed by atoms with van der Waals surface area (Å²) in [5, 5.41) is 9.28. The van der Waals surface area contributed by atoms with Crippen LogP contribution in [0.15, 0.2) is 48.5 Å². The number of carboxylic acids is 1. The largest absolute Gasteiger partial charge is 0.481 e. The highest BCUT2D eigenvalue weighted by Gasteiger charge is 2.36. The lowest BCUT2D eigenvalue weighted by molar-refractivity contribution is -0.138. The third-order valence-electron chi connectivity index (χ3n) is 3.58. The van der Waals surface area contributed by atoms with Crippen LogP contribution in [0.1, 0.15) is 21.8 Å². The first-order chi connectivity index (χ1) is 10.1. The zero-order chi connectivity index (χ0) is 15.0. The Morgan fingerprint density at radius 2 is 1.90 bits per heavy atom. The van der Waals surface area contributed by atoms with E-state index in [0.717, 1.165) is 6.07 Å². The summed E-state index contributed by atoms with van der Waals surface area (Å²) in [7, 11) is 0. The Balaban J connectivity index is 2.01. The maximum atomic E-state index is 13.3. The van der Waals surface area contributed by atoms with Gasteiger partial charge in [-0.05, 0) is 29.8 Å². The highest BCUT2D eigenvalue weighted by molar-refractivity contribution is 6.08. The highest BCUT2D eigenvalue weighted by atomic mass is 19.1. The summed E-state index contributed by atoms with van der Waals surface area (Å²) in [6.45, 7) is 0.0596. The molecule has 1 amide bonds. The van der Waals surface area contributed by atoms with E-state index in [2.05, 4.69) is 0 Å². The van der Waals surface area contributed by atoms with Gasteiger partial charge >= 0.3 is 5.97 Å². The van der Waals surface area contributed by atoms with Crippen molar-refractivity contribution >= 4 is 17.6 Å². The molecule has 5 heteroatoms. The van der Waals surface area contributed by atoms with Gasteiger partial charge in [0.05, 0.1) is 0 Å². The summed E-state index contributed by atoms with van der Waals surface area (Å²) in [6, 6.07) is 12.3. The predicted octanol–water partition coefficient (Wildman–Crippen LogP) is 2.65. The molecule has 3 rings (SSSR count). The van der Waals surface area contributed by atoms with Gasteiger partial charge in [-0.25, -0.2) is 4.39 Å². The minimum atomic E-state index is -0.975. The van der Waals surface area contributed by atoms with Gasteiger partial charge < -0.3 is 10.0 Å². The van der Waals surface area contributed by atoms with Crippen LogP contribution in [0, 0.1) is 5.82 Å². The molecule has 0 saturated carbocycles. The van der Waals surface area contributed by atoms with Gasteiger partial charge in [-0.2, -0.15) is 0 Å². The maximum Gasteiger partial charge on any atom is 0.312 e. The van der Waals surface area contributed by atoms with E-state index < -0.39 is 23.6 Å². The summed E-state index contributed by atoms with van der Waals surface area (Å²) < 4.78 is 13.3. The van der Waals surface area contributed by atoms with E-state index >= 15 is 0 Å². The van der Waals surface area contributed by atoms with Crippen LogP contribution >= 0.6 is 0 Å². The fourth-order valence-corrected chi connectivity index (χ4v) is 2.59. The fourth-order valence-electron chi connectivity index (χ4n) is 2.59. The molecule has 1 unspecified atom stereocenters. The van der Waals surface area contributed by atoms with E-state index in [9.17, 15) is 19.1 Å². The van der Waals surface area contributed by atoms with Crippen LogP contribution in [-0.4, -0.2) is 23.5 Å². The minimum absolute atomic E-state index is 0.0596. The topological polar surface area (TPSA) is 57.6 Å². The maximum absolute atomic E-state index is 13.3. The molecular formula is C16H12FNO3. The third-order valence-corrected chi connectivity index (χ3v) is 3.58. The van der Waals surface area contributed by atoms with Gasteiger partial charge in [0.1, 0.15) is 11.7 Å². The molecule has 0 aliphatic carbocycles. The minimum Gasteiger partial charge on any atom is -0.481 e. The Kier molecular flexibility index (Phi) is 3.17. The molecule has 0 radical (unpaired) electrons. The van der Waals surface area contributed by atoms with E-state index in [1.54, 1.807) is 24.3 Å². The Morgan fingerprint density at radius 3 is 2.62 bits per heavy atom. The van der Waals surface area contributed by atoms with Gasteiger partial charge in [0.25, 0.3) is 5.91 Å². The van der Waals surface area contributed by atoms with Crippen LogP contribution < -0.4 is 4.90 Å². The number of halogens is 1. The molecule has 0 spiro atoms. The molecule has 21 heavy (non-hydrogen) atoms. The molecule has 1 atom stereocenters. The van der Waals surface area contributed by atoms with E-state index in [-0.39, 0.29) is 12.1 Å². The molecule has 1 N–H and O–H groups in total. The second-order valence-corrected chi connectivity index (χ2v) is 4.88. The number of carbonyl (C=O) groups is 2. The summed E-state index contributed by atoms with van der Waals surface area (Å²) >= 11 is 0. The third kappa shape index (κ3) is 2.27. The van der Waals surface area contributed by atoms with Crippen LogP contribution in [0.3, 0.4) is 0 Å². The first-order valence-corrected chi connectivity index (χ1v) is 6.47. The average Bonchev–Trinajstić information content (AvgIpc) is 2.86. The molecule has 2 aromatic carbocycles. The number of benzene rings is 2. The van der Waals surface area contributed by atoms with Crippen LogP contribution in [0.5, 0.6) is 0 Å². The Labute approximate surface area is 120 Å². The van der Waals surface area contributed by atoms with Gasteiger partial charge in [-0.3, -0.25) is 9.59 Å². The standard InChI is InChI=1S/C16H12FNO3/c17-11-5-3-4-10(8-11)15(19)18-9-13(16(20)21)12-6-1-2-7-14(12)18/h1-8,13H,9H2,(H,20,21). The number of para-hydroxylation sites is 1. The van der Waals surface area contributed by atoms with Gasteiger partial charge in [0.2, 0.25) is 0 Å². The van der Waals surface area contributed by atoms with E-state index in [1.807, 2.05) is 0 Å². The van der Waals surface area contributed by atoms with Crippen molar-refractivity contribution in [2.24, 2.45) is 0 Å². The quantitative estimate of drug-likeness (QED) is 0.922. The molecule has 0 fully saturated rings. The van der Waals surface area contributed by atoms with Crippen molar-refractivity contribution < 1.29 is 19.1 Å². The number of aliphatic carboxylic acids is 1. The number of rotatable bonds is 2. The van der Waals surface area contributed by atoms with E-state index in [1.165, 1.54) is 23.1 Å². The molecule has 1 aliphatic heterocycles. The molecule has 0 saturated heterocycles. The molecule has 1 aliphatic rings. The van der Waals surface area contributed by atoms with Gasteiger partial charge in [0, 0.05) is 17.8 Å². The molecule has 2 aromatic rings. The number of hydrogen-bond acceptors (Lipinski definition) is 2. The lowest BCUT2D eigenvalue weighted by atomic mass is 10.0. The SMILES string of the molecule is O=C(O)C1CN(C(=O)c2cccc(F)c2)c2ccccc21. The van der Waals surface area contributed by atoms with Crippen molar-refractivity contribution in [2.45, 2.75) is 5.92 Å². The van der Waals surface area contributed by atoms with Gasteiger partial charge in [-0.15, -0.1) is 0 Å². The number of carboxylic acid groups (broad SMARTS) is 1. The molecule has 0 bridgehead atoms. The molecule has 106 valence electrons. The lowest BCUT2D eigenvalue weighted by Crippen LogP contribution is -2.31. The Bertz CT molecular complexity index is 729. The molecular weight excluding hydrogens is 273 g/mol. The van der Waals surface area contributed by atoms with Gasteiger partial charge in [-0.1, -0.05) is 24.3 Å². The van der Waals surface area contributed by atoms with Crippen molar-refractivity contribution in [1.82, 2.24) is 0 Å². The zero-order valence-corrected chi connectivity index (χ0v) is 11.0. The summed E-state index contributed by atoms with van der Waals surface area (Å²) in [5.74, 6) is -2.62. The fraction of sp³-hybridized carbons (Fsp3) is 0.125. The van der Waals surface area contributed by atoms with Crippen molar-refractivity contribution in [3.05, 3.63) is 65.5 Å². The summed E-state index contributed by atoms with van der Waals surface area (Å²) in [4.78, 5) is 25.2. The number of amides is 1. The van der Waals surface area contributed by atoms with Crippen LogP contribution in [-0.2, 0) is 4.79 Å². The van der Waals surface area contributed by atoms with Crippen LogP contribution in [0.4, 0.5) is 10.1 Å². The average molecular weight is 285 g/mol. The number of carbonyl (C=O) groups excluding carboxylic acids is 1. The van der Waals surface area contributed by atoms with Crippen LogP contribution in [0.25, 0.3) is 0 Å². The smallest absolute Gasteiger partial charge is 0.312 e. The number of nitrogens with zero attached hydrogens (tertiary/aromatic N) is 1. The van der Waals surface area contributed by atoms with Gasteiger partial charge in [0.15, 0.2) is 0 Å². The lowest BCUT2D eigenvalue weighted by Gasteiger charge is -2.17. The van der Waals surface area contributed by atoms with Crippen LogP contribution in [0.2, 0.25) is 0 Å². The molecule has 4 nitrogen and oxygen atoms in total. The van der Waals surface area contributed by atoms with Crippen molar-refractivity contribution in [3.8, 4) is 0 Å². The summed E-state index contributed by atoms with van der Waals surface area (Å²) in [5.41, 5.74) is 1.38. The highest BCUT2D eigenvalue weighted by Crippen LogP contribution is 2.37. The number of fused-ring (bicyclic) bond motifs is 1. The Hall–Kier alpha value is -2.69. The number of hydrogen-bond donors (Lipinski definition) is 1. The zero-order valence-electron chi connectivity index (χ0n) is 11.0. The van der Waals surface area contributed by atoms with Crippen molar-refractivity contribution in [2.75, 3.05) is 11.4 Å². The normalized spacial score (nSPS) is 16.6. The summed E-state index contributed by atoms with van der Waals surface area (Å²) in [6.07, 6.45) is 0. The second-order valence-electron chi connectivity index (χ2n) is 4.88. The second kappa shape index (κ2) is 5.01. The molecule has 1 heterocycles. The Morgan fingerprint density at radius 1 is 1.14 bits per heavy atom. The number of anilines is 1. The van der Waals surface area contributed by atoms with E-state index in [0.29, 0.717) is 11.3 Å². The predicted molar refractivity (Wildman–Crippen MR) is 74.9 cm³/mol. The van der Waals surface area contributed by atoms with E-state index in [4.69, 9.17) is 0 Å². The first-order valence-electron chi connectivity index (χ1n) is 6.47. The molecule has 0 aromatic heterocycles. The van der Waals surface area contributed by atoms with Crippen molar-refractivity contribution in [1.29, 1.82) is 0 Å². The monoisotopic (exact) mass is 285 g/mol. The van der Waals surface area contributed by atoms with Crippen molar-refractivity contribution in [3.63, 3.8) is 0 Å².